The number of rotatable bonds is 19. The minimum absolute atomic E-state index is 0.156. The summed E-state index contributed by atoms with van der Waals surface area (Å²) >= 11 is 0. The molecule has 11 nitrogen and oxygen atoms in total. The highest BCUT2D eigenvalue weighted by Crippen LogP contribution is 2.39. The summed E-state index contributed by atoms with van der Waals surface area (Å²) in [4.78, 5) is 27.0. The zero-order valence-corrected chi connectivity index (χ0v) is 26.5. The average Bonchev–Trinajstić information content (AvgIpc) is 3.02. The predicted molar refractivity (Wildman–Crippen MR) is 163 cm³/mol. The molecule has 0 saturated heterocycles. The Morgan fingerprint density at radius 1 is 0.744 bits per heavy atom. The number of carbonyl (C=O) groups is 2. The van der Waals surface area contributed by atoms with Crippen molar-refractivity contribution in [1.29, 1.82) is 0 Å². The molecule has 0 heterocycles. The molecule has 2 aromatic rings. The van der Waals surface area contributed by atoms with Crippen molar-refractivity contribution in [2.45, 2.75) is 26.2 Å². The van der Waals surface area contributed by atoms with Crippen LogP contribution in [0.5, 0.6) is 34.5 Å². The monoisotopic (exact) mass is 603 g/mol. The molecule has 0 aromatic heterocycles. The summed E-state index contributed by atoms with van der Waals surface area (Å²) in [6.45, 7) is 4.31. The van der Waals surface area contributed by atoms with E-state index in [-0.39, 0.29) is 5.92 Å². The molecule has 0 radical (unpaired) electrons. The maximum Gasteiger partial charge on any atom is 0.338 e. The van der Waals surface area contributed by atoms with E-state index in [0.29, 0.717) is 53.3 Å². The zero-order valence-electron chi connectivity index (χ0n) is 26.5. The van der Waals surface area contributed by atoms with Gasteiger partial charge in [-0.05, 0) is 68.8 Å². The smallest absolute Gasteiger partial charge is 0.338 e. The van der Waals surface area contributed by atoms with Gasteiger partial charge in [0.1, 0.15) is 0 Å². The second-order valence-corrected chi connectivity index (χ2v) is 9.90. The molecule has 2 aromatic carbocycles. The first-order valence-corrected chi connectivity index (χ1v) is 14.0. The number of esters is 2. The number of hydrogen-bond donors (Lipinski definition) is 0. The number of benzene rings is 2. The highest BCUT2D eigenvalue weighted by Gasteiger charge is 2.18. The minimum atomic E-state index is -0.446. The highest BCUT2D eigenvalue weighted by atomic mass is 16.5. The van der Waals surface area contributed by atoms with Crippen LogP contribution in [0.4, 0.5) is 0 Å². The van der Waals surface area contributed by atoms with E-state index in [1.54, 1.807) is 30.3 Å². The van der Waals surface area contributed by atoms with Gasteiger partial charge in [0.05, 0.1) is 61.4 Å². The Morgan fingerprint density at radius 3 is 1.79 bits per heavy atom. The third-order valence-electron chi connectivity index (χ3n) is 6.55. The number of hydrogen-bond acceptors (Lipinski definition) is 11. The van der Waals surface area contributed by atoms with Crippen molar-refractivity contribution in [3.05, 3.63) is 41.5 Å². The molecule has 0 N–H and O–H groups in total. The van der Waals surface area contributed by atoms with Gasteiger partial charge < -0.3 is 42.8 Å². The Hall–Kier alpha value is -4.12. The lowest BCUT2D eigenvalue weighted by Gasteiger charge is -2.21. The summed E-state index contributed by atoms with van der Waals surface area (Å²) in [5, 5.41) is 0. The largest absolute Gasteiger partial charge is 0.493 e. The Morgan fingerprint density at radius 2 is 1.28 bits per heavy atom. The van der Waals surface area contributed by atoms with Crippen molar-refractivity contribution in [3.63, 3.8) is 0 Å². The van der Waals surface area contributed by atoms with E-state index in [0.717, 1.165) is 37.9 Å². The first-order chi connectivity index (χ1) is 20.7. The van der Waals surface area contributed by atoms with Crippen LogP contribution in [0.25, 0.3) is 6.08 Å². The van der Waals surface area contributed by atoms with Gasteiger partial charge >= 0.3 is 11.9 Å². The quantitative estimate of drug-likeness (QED) is 0.124. The second kappa shape index (κ2) is 18.4. The Bertz CT molecular complexity index is 1160. The van der Waals surface area contributed by atoms with Crippen molar-refractivity contribution < 1.29 is 47.5 Å². The van der Waals surface area contributed by atoms with Gasteiger partial charge in [-0.2, -0.15) is 0 Å². The summed E-state index contributed by atoms with van der Waals surface area (Å²) in [5.74, 6) is 1.98. The van der Waals surface area contributed by atoms with E-state index in [1.807, 2.05) is 14.0 Å². The lowest BCUT2D eigenvalue weighted by molar-refractivity contribution is -0.139. The van der Waals surface area contributed by atoms with E-state index < -0.39 is 11.9 Å². The fourth-order valence-electron chi connectivity index (χ4n) is 4.42. The lowest BCUT2D eigenvalue weighted by atomic mass is 10.1. The van der Waals surface area contributed by atoms with Gasteiger partial charge in [-0.1, -0.05) is 6.92 Å². The molecule has 1 atom stereocenters. The SMILES string of the molecule is COc1cc(/C=C/C(=O)OC[C@@H](C)CN(C)CCCCCOC(=O)c2cc(OC)c(OC)c(OC)c2)cc(OC)c1OC. The maximum absolute atomic E-state index is 12.5. The maximum atomic E-state index is 12.5. The number of nitrogens with zero attached hydrogens (tertiary/aromatic N) is 1. The van der Waals surface area contributed by atoms with Crippen LogP contribution in [0, 0.1) is 5.92 Å². The topological polar surface area (TPSA) is 111 Å². The van der Waals surface area contributed by atoms with Crippen molar-refractivity contribution in [3.8, 4) is 34.5 Å². The van der Waals surface area contributed by atoms with Gasteiger partial charge in [0.2, 0.25) is 11.5 Å². The summed E-state index contributed by atoms with van der Waals surface area (Å²) in [6, 6.07) is 6.65. The summed E-state index contributed by atoms with van der Waals surface area (Å²) in [5.41, 5.74) is 1.05. The van der Waals surface area contributed by atoms with Crippen LogP contribution in [-0.4, -0.2) is 92.8 Å². The average molecular weight is 604 g/mol. The fraction of sp³-hybridized carbons (Fsp3) is 0.500. The summed E-state index contributed by atoms with van der Waals surface area (Å²) in [7, 11) is 11.1. The Balaban J connectivity index is 1.68. The van der Waals surface area contributed by atoms with Gasteiger partial charge in [-0.3, -0.25) is 0 Å². The van der Waals surface area contributed by atoms with Crippen LogP contribution in [0.1, 0.15) is 42.1 Å². The van der Waals surface area contributed by atoms with Gasteiger partial charge in [0.15, 0.2) is 23.0 Å². The Kier molecular flexibility index (Phi) is 15.0. The lowest BCUT2D eigenvalue weighted by Crippen LogP contribution is -2.28. The molecular weight excluding hydrogens is 558 g/mol. The molecule has 0 aliphatic rings. The molecule has 0 amide bonds. The number of methoxy groups -OCH3 is 6. The number of carbonyl (C=O) groups excluding carboxylic acids is 2. The number of ether oxygens (including phenoxy) is 8. The van der Waals surface area contributed by atoms with Gasteiger partial charge in [0, 0.05) is 18.5 Å². The summed E-state index contributed by atoms with van der Waals surface area (Å²) < 4.78 is 42.8. The van der Waals surface area contributed by atoms with Crippen LogP contribution < -0.4 is 28.4 Å². The molecular formula is C32H45NO10. The van der Waals surface area contributed by atoms with E-state index in [1.165, 1.54) is 48.7 Å². The Labute approximate surface area is 254 Å². The van der Waals surface area contributed by atoms with Crippen LogP contribution >= 0.6 is 0 Å². The van der Waals surface area contributed by atoms with Crippen molar-refractivity contribution in [2.24, 2.45) is 5.92 Å². The van der Waals surface area contributed by atoms with E-state index >= 15 is 0 Å². The van der Waals surface area contributed by atoms with E-state index in [2.05, 4.69) is 4.90 Å². The van der Waals surface area contributed by atoms with E-state index in [9.17, 15) is 9.59 Å². The van der Waals surface area contributed by atoms with Crippen LogP contribution in [-0.2, 0) is 14.3 Å². The summed E-state index contributed by atoms with van der Waals surface area (Å²) in [6.07, 6.45) is 5.62. The van der Waals surface area contributed by atoms with Crippen LogP contribution in [0.15, 0.2) is 30.3 Å². The molecule has 43 heavy (non-hydrogen) atoms. The van der Waals surface area contributed by atoms with Crippen molar-refractivity contribution >= 4 is 18.0 Å². The van der Waals surface area contributed by atoms with Crippen molar-refractivity contribution in [2.75, 3.05) is 76.0 Å². The molecule has 0 bridgehead atoms. The van der Waals surface area contributed by atoms with Crippen molar-refractivity contribution in [1.82, 2.24) is 4.90 Å². The predicted octanol–water partition coefficient (Wildman–Crippen LogP) is 4.89. The number of unbranched alkanes of at least 4 members (excludes halogenated alkanes) is 2. The molecule has 0 fully saturated rings. The first-order valence-electron chi connectivity index (χ1n) is 14.0. The second-order valence-electron chi connectivity index (χ2n) is 9.90. The molecule has 0 unspecified atom stereocenters. The standard InChI is InChI=1S/C32H45NO10/c1-22(21-43-29(34)13-12-23-16-25(36-3)30(40-7)26(17-23)37-4)20-33(2)14-10-9-11-15-42-32(35)24-18-27(38-5)31(41-8)28(19-24)39-6/h12-13,16-19,22H,9-11,14-15,20-21H2,1-8H3/b13-12+/t22-/m0/s1. The highest BCUT2D eigenvalue weighted by molar-refractivity contribution is 5.91. The molecule has 0 aliphatic carbocycles. The fourth-order valence-corrected chi connectivity index (χ4v) is 4.42. The molecule has 2 rings (SSSR count). The van der Waals surface area contributed by atoms with Crippen LogP contribution in [0.3, 0.4) is 0 Å². The van der Waals surface area contributed by atoms with Gasteiger partial charge in [-0.25, -0.2) is 9.59 Å². The molecule has 238 valence electrons. The zero-order chi connectivity index (χ0) is 31.8. The third-order valence-corrected chi connectivity index (χ3v) is 6.55. The molecule has 11 heteroatoms. The minimum Gasteiger partial charge on any atom is -0.493 e. The van der Waals surface area contributed by atoms with E-state index in [4.69, 9.17) is 37.9 Å². The van der Waals surface area contributed by atoms with Gasteiger partial charge in [0.25, 0.3) is 0 Å². The molecule has 0 saturated carbocycles. The first kappa shape index (κ1) is 35.1. The normalized spacial score (nSPS) is 11.7. The van der Waals surface area contributed by atoms with Crippen LogP contribution in [0.2, 0.25) is 0 Å². The van der Waals surface area contributed by atoms with Gasteiger partial charge in [-0.15, -0.1) is 0 Å². The molecule has 0 aliphatic heterocycles. The molecule has 0 spiro atoms. The third kappa shape index (κ3) is 10.9.